The van der Waals surface area contributed by atoms with Gasteiger partial charge in [0.2, 0.25) is 0 Å². The van der Waals surface area contributed by atoms with Crippen molar-refractivity contribution in [2.75, 3.05) is 46.6 Å². The first kappa shape index (κ1) is 25.7. The van der Waals surface area contributed by atoms with E-state index in [1.807, 2.05) is 17.0 Å². The lowest BCUT2D eigenvalue weighted by molar-refractivity contribution is -0.106. The molecule has 3 aromatic rings. The molecule has 40 heavy (non-hydrogen) atoms. The van der Waals surface area contributed by atoms with Crippen LogP contribution < -0.4 is 4.74 Å². The topological polar surface area (TPSA) is 103 Å². The van der Waals surface area contributed by atoms with Gasteiger partial charge in [0.05, 0.1) is 61.1 Å². The lowest BCUT2D eigenvalue weighted by Crippen LogP contribution is -2.59. The van der Waals surface area contributed by atoms with E-state index in [4.69, 9.17) is 19.3 Å². The number of carbonyl (C=O) groups excluding carboxylic acids is 1. The van der Waals surface area contributed by atoms with Gasteiger partial charge >= 0.3 is 0 Å². The van der Waals surface area contributed by atoms with Gasteiger partial charge in [-0.2, -0.15) is 5.10 Å². The Morgan fingerprint density at radius 2 is 1.85 bits per heavy atom. The number of carbonyl (C=O) groups is 1. The van der Waals surface area contributed by atoms with E-state index in [2.05, 4.69) is 17.0 Å². The number of rotatable bonds is 5. The molecule has 7 rings (SSSR count). The van der Waals surface area contributed by atoms with Crippen LogP contribution in [0.5, 0.6) is 5.75 Å². The molecule has 2 aromatic carbocycles. The van der Waals surface area contributed by atoms with Gasteiger partial charge in [-0.05, 0) is 48.7 Å². The Kier molecular flexibility index (Phi) is 6.42. The van der Waals surface area contributed by atoms with Gasteiger partial charge in [0.1, 0.15) is 5.75 Å². The minimum absolute atomic E-state index is 0.0123. The fourth-order valence-electron chi connectivity index (χ4n) is 6.19. The van der Waals surface area contributed by atoms with Crippen molar-refractivity contribution in [2.24, 2.45) is 0 Å². The highest BCUT2D eigenvalue weighted by atomic mass is 32.2. The summed E-state index contributed by atoms with van der Waals surface area (Å²) in [6.45, 7) is 5.05. The maximum absolute atomic E-state index is 14.0. The molecule has 0 spiro atoms. The Balaban J connectivity index is 1.32. The van der Waals surface area contributed by atoms with E-state index in [-0.39, 0.29) is 34.4 Å². The van der Waals surface area contributed by atoms with E-state index in [1.54, 1.807) is 22.9 Å². The van der Waals surface area contributed by atoms with Crippen LogP contribution in [0.2, 0.25) is 0 Å². The van der Waals surface area contributed by atoms with Gasteiger partial charge in [0.15, 0.2) is 15.5 Å². The van der Waals surface area contributed by atoms with Crippen LogP contribution in [0, 0.1) is 0 Å². The van der Waals surface area contributed by atoms with Gasteiger partial charge in [-0.15, -0.1) is 0 Å². The van der Waals surface area contributed by atoms with Crippen LogP contribution in [0.25, 0.3) is 16.9 Å². The first-order valence-electron chi connectivity index (χ1n) is 13.8. The first-order valence-corrected chi connectivity index (χ1v) is 15.4. The molecule has 0 bridgehead atoms. The molecular formula is C29H32N4O6S. The number of amides is 1. The summed E-state index contributed by atoms with van der Waals surface area (Å²) in [4.78, 5) is 18.3. The zero-order chi connectivity index (χ0) is 27.4. The van der Waals surface area contributed by atoms with E-state index < -0.39 is 9.84 Å². The highest BCUT2D eigenvalue weighted by molar-refractivity contribution is 7.91. The smallest absolute Gasteiger partial charge is 0.275 e. The maximum atomic E-state index is 14.0. The largest absolute Gasteiger partial charge is 0.497 e. The molecule has 1 aromatic heterocycles. The number of hydrogen-bond donors (Lipinski definition) is 0. The zero-order valence-electron chi connectivity index (χ0n) is 22.4. The van der Waals surface area contributed by atoms with Crippen molar-refractivity contribution in [3.63, 3.8) is 0 Å². The molecular weight excluding hydrogens is 532 g/mol. The van der Waals surface area contributed by atoms with Crippen molar-refractivity contribution < 1.29 is 27.4 Å². The SMILES string of the molecule is COc1ccc2c(c1)S(=O)(=O)Cc1c(C(=O)N3CCO[C@@H]4CC[C@@H]43)nn(-c3ccc(CN4CCOCC4)cc3)c1-2. The lowest BCUT2D eigenvalue weighted by atomic mass is 9.86. The molecule has 3 fully saturated rings. The molecule has 3 aliphatic heterocycles. The summed E-state index contributed by atoms with van der Waals surface area (Å²) in [5.41, 5.74) is 3.74. The minimum Gasteiger partial charge on any atom is -0.497 e. The summed E-state index contributed by atoms with van der Waals surface area (Å²) >= 11 is 0. The Hall–Kier alpha value is -3.25. The Morgan fingerprint density at radius 3 is 2.58 bits per heavy atom. The standard InChI is InChI=1S/C29H32N4O6S/c1-37-21-6-7-22-26(16-21)40(35,36)18-23-27(29(34)32-12-15-39-25-9-8-24(25)32)30-33(28(22)23)20-4-2-19(3-5-20)17-31-10-13-38-14-11-31/h2-7,16,24-25H,8-15,17-18H2,1H3/t24-,25+/m0/s1. The number of benzene rings is 2. The van der Waals surface area contributed by atoms with E-state index in [0.717, 1.165) is 51.4 Å². The normalized spacial score (nSPS) is 23.5. The van der Waals surface area contributed by atoms with Gasteiger partial charge in [0.25, 0.3) is 5.91 Å². The van der Waals surface area contributed by atoms with Crippen LogP contribution in [-0.4, -0.2) is 92.6 Å². The second-order valence-corrected chi connectivity index (χ2v) is 12.8. The zero-order valence-corrected chi connectivity index (χ0v) is 23.2. The van der Waals surface area contributed by atoms with Crippen molar-refractivity contribution in [1.29, 1.82) is 0 Å². The van der Waals surface area contributed by atoms with E-state index >= 15 is 0 Å². The molecule has 1 amide bonds. The van der Waals surface area contributed by atoms with Gasteiger partial charge < -0.3 is 19.1 Å². The highest BCUT2D eigenvalue weighted by Crippen LogP contribution is 2.43. The Morgan fingerprint density at radius 1 is 1.05 bits per heavy atom. The van der Waals surface area contributed by atoms with E-state index in [9.17, 15) is 13.2 Å². The average molecular weight is 565 g/mol. The van der Waals surface area contributed by atoms with Crippen LogP contribution in [0.4, 0.5) is 0 Å². The van der Waals surface area contributed by atoms with E-state index in [1.165, 1.54) is 12.7 Å². The van der Waals surface area contributed by atoms with Crippen LogP contribution in [0.15, 0.2) is 47.4 Å². The number of hydrogen-bond acceptors (Lipinski definition) is 8. The van der Waals surface area contributed by atoms with Gasteiger partial charge in [0, 0.05) is 37.3 Å². The molecule has 4 aliphatic rings. The van der Waals surface area contributed by atoms with Gasteiger partial charge in [-0.1, -0.05) is 12.1 Å². The summed E-state index contributed by atoms with van der Waals surface area (Å²) in [5.74, 6) is -0.0639. The van der Waals surface area contributed by atoms with E-state index in [0.29, 0.717) is 35.7 Å². The molecule has 0 radical (unpaired) electrons. The van der Waals surface area contributed by atoms with Crippen molar-refractivity contribution >= 4 is 15.7 Å². The number of sulfone groups is 1. The first-order chi connectivity index (χ1) is 19.4. The van der Waals surface area contributed by atoms with Crippen LogP contribution >= 0.6 is 0 Å². The third kappa shape index (κ3) is 4.32. The maximum Gasteiger partial charge on any atom is 0.275 e. The predicted octanol–water partition coefficient (Wildman–Crippen LogP) is 2.67. The highest BCUT2D eigenvalue weighted by Gasteiger charge is 2.44. The van der Waals surface area contributed by atoms with Crippen molar-refractivity contribution in [3.05, 3.63) is 59.3 Å². The molecule has 11 heteroatoms. The van der Waals surface area contributed by atoms with Crippen LogP contribution in [-0.2, 0) is 31.6 Å². The van der Waals surface area contributed by atoms with Crippen molar-refractivity contribution in [3.8, 4) is 22.7 Å². The monoisotopic (exact) mass is 564 g/mol. The third-order valence-corrected chi connectivity index (χ3v) is 10.2. The lowest BCUT2D eigenvalue weighted by Gasteiger charge is -2.47. The number of ether oxygens (including phenoxy) is 3. The van der Waals surface area contributed by atoms with Crippen LogP contribution in [0.1, 0.15) is 34.5 Å². The Labute approximate surface area is 233 Å². The minimum atomic E-state index is -3.72. The molecule has 0 N–H and O–H groups in total. The van der Waals surface area contributed by atoms with Crippen LogP contribution in [0.3, 0.4) is 0 Å². The summed E-state index contributed by atoms with van der Waals surface area (Å²) in [5, 5.41) is 4.84. The predicted molar refractivity (Wildman–Crippen MR) is 146 cm³/mol. The van der Waals surface area contributed by atoms with Gasteiger partial charge in [-0.25, -0.2) is 13.1 Å². The average Bonchev–Trinajstić information content (AvgIpc) is 3.32. The molecule has 1 aliphatic carbocycles. The van der Waals surface area contributed by atoms with Gasteiger partial charge in [-0.3, -0.25) is 9.69 Å². The molecule has 0 unspecified atom stereocenters. The number of aromatic nitrogens is 2. The summed E-state index contributed by atoms with van der Waals surface area (Å²) < 4.78 is 45.4. The van der Waals surface area contributed by atoms with Crippen molar-refractivity contribution in [2.45, 2.75) is 42.2 Å². The fourth-order valence-corrected chi connectivity index (χ4v) is 7.80. The molecule has 4 heterocycles. The quantitative estimate of drug-likeness (QED) is 0.466. The second-order valence-electron chi connectivity index (χ2n) is 10.8. The fraction of sp³-hybridized carbons (Fsp3) is 0.448. The molecule has 2 atom stereocenters. The molecule has 1 saturated carbocycles. The summed E-state index contributed by atoms with van der Waals surface area (Å²) in [7, 11) is -2.21. The number of morpholine rings is 2. The summed E-state index contributed by atoms with van der Waals surface area (Å²) in [6.07, 6.45) is 1.86. The summed E-state index contributed by atoms with van der Waals surface area (Å²) in [6, 6.07) is 13.2. The molecule has 10 nitrogen and oxygen atoms in total. The second kappa shape index (κ2) is 9.99. The van der Waals surface area contributed by atoms with Crippen molar-refractivity contribution in [1.82, 2.24) is 19.6 Å². The molecule has 2 saturated heterocycles. The Bertz CT molecular complexity index is 1560. The number of nitrogens with zero attached hydrogens (tertiary/aromatic N) is 4. The number of fused-ring (bicyclic) bond motifs is 4. The number of methoxy groups -OCH3 is 1. The molecule has 210 valence electrons. The third-order valence-electron chi connectivity index (χ3n) is 8.49.